The number of carbonyl (C=O) groups excluding carboxylic acids is 1. The minimum atomic E-state index is -4.54. The summed E-state index contributed by atoms with van der Waals surface area (Å²) in [6.45, 7) is 0. The standard InChI is InChI=1S/C20H18F3N3O3/c1-28-14-11-9-13(10-12-14)19-25-18(29-26-19)8-4-7-17(27)24-16-6-3-2-5-15(16)20(21,22)23/h2-3,5-6,9-12H,4,7-8H2,1H3,(H,24,27). The Kier molecular flexibility index (Phi) is 6.16. The van der Waals surface area contributed by atoms with E-state index in [-0.39, 0.29) is 12.1 Å². The summed E-state index contributed by atoms with van der Waals surface area (Å²) in [4.78, 5) is 16.3. The van der Waals surface area contributed by atoms with Crippen LogP contribution in [0, 0.1) is 0 Å². The number of rotatable bonds is 7. The highest BCUT2D eigenvalue weighted by molar-refractivity contribution is 5.91. The Morgan fingerprint density at radius 3 is 2.55 bits per heavy atom. The van der Waals surface area contributed by atoms with Crippen LogP contribution in [0.25, 0.3) is 11.4 Å². The first kappa shape index (κ1) is 20.4. The number of para-hydroxylation sites is 1. The first-order valence-corrected chi connectivity index (χ1v) is 8.80. The van der Waals surface area contributed by atoms with Gasteiger partial charge in [0.1, 0.15) is 5.75 Å². The van der Waals surface area contributed by atoms with E-state index in [0.717, 1.165) is 11.6 Å². The first-order valence-electron chi connectivity index (χ1n) is 8.80. The van der Waals surface area contributed by atoms with Crippen LogP contribution in [-0.4, -0.2) is 23.2 Å². The fourth-order valence-corrected chi connectivity index (χ4v) is 2.67. The number of alkyl halides is 3. The van der Waals surface area contributed by atoms with E-state index in [1.165, 1.54) is 18.2 Å². The number of aryl methyl sites for hydroxylation is 1. The number of halogens is 3. The normalized spacial score (nSPS) is 11.3. The molecular formula is C20H18F3N3O3. The molecule has 1 heterocycles. The molecule has 0 saturated carbocycles. The largest absolute Gasteiger partial charge is 0.497 e. The second kappa shape index (κ2) is 8.76. The molecule has 2 aromatic carbocycles. The number of benzene rings is 2. The van der Waals surface area contributed by atoms with Crippen molar-refractivity contribution < 1.29 is 27.2 Å². The predicted octanol–water partition coefficient (Wildman–Crippen LogP) is 4.73. The molecule has 0 aliphatic carbocycles. The average molecular weight is 405 g/mol. The van der Waals surface area contributed by atoms with Gasteiger partial charge in [0.2, 0.25) is 17.6 Å². The van der Waals surface area contributed by atoms with Crippen LogP contribution < -0.4 is 10.1 Å². The number of ether oxygens (including phenoxy) is 1. The third kappa shape index (κ3) is 5.34. The molecule has 0 atom stereocenters. The molecule has 3 rings (SSSR count). The van der Waals surface area contributed by atoms with Gasteiger partial charge in [-0.15, -0.1) is 0 Å². The Morgan fingerprint density at radius 2 is 1.86 bits per heavy atom. The Hall–Kier alpha value is -3.36. The van der Waals surface area contributed by atoms with Gasteiger partial charge in [0, 0.05) is 18.4 Å². The minimum Gasteiger partial charge on any atom is -0.497 e. The van der Waals surface area contributed by atoms with Crippen molar-refractivity contribution in [1.82, 2.24) is 10.1 Å². The second-order valence-corrected chi connectivity index (χ2v) is 6.19. The van der Waals surface area contributed by atoms with Gasteiger partial charge >= 0.3 is 6.18 Å². The Bertz CT molecular complexity index is 969. The van der Waals surface area contributed by atoms with Crippen LogP contribution in [0.2, 0.25) is 0 Å². The molecule has 0 fully saturated rings. The van der Waals surface area contributed by atoms with Crippen molar-refractivity contribution >= 4 is 11.6 Å². The van der Waals surface area contributed by atoms with Gasteiger partial charge in [-0.25, -0.2) is 0 Å². The Labute approximate surface area is 164 Å². The molecule has 1 amide bonds. The van der Waals surface area contributed by atoms with E-state index in [9.17, 15) is 18.0 Å². The van der Waals surface area contributed by atoms with E-state index in [1.807, 2.05) is 0 Å². The predicted molar refractivity (Wildman–Crippen MR) is 99.3 cm³/mol. The summed E-state index contributed by atoms with van der Waals surface area (Å²) in [5.41, 5.74) is -0.388. The number of nitrogens with one attached hydrogen (secondary N) is 1. The van der Waals surface area contributed by atoms with E-state index in [1.54, 1.807) is 31.4 Å². The van der Waals surface area contributed by atoms with Crippen molar-refractivity contribution in [2.24, 2.45) is 0 Å². The molecule has 1 N–H and O–H groups in total. The van der Waals surface area contributed by atoms with E-state index >= 15 is 0 Å². The first-order chi connectivity index (χ1) is 13.9. The highest BCUT2D eigenvalue weighted by atomic mass is 19.4. The average Bonchev–Trinajstić information content (AvgIpc) is 3.16. The zero-order valence-corrected chi connectivity index (χ0v) is 15.5. The van der Waals surface area contributed by atoms with Crippen molar-refractivity contribution in [3.8, 4) is 17.1 Å². The quantitative estimate of drug-likeness (QED) is 0.615. The molecule has 0 unspecified atom stereocenters. The third-order valence-electron chi connectivity index (χ3n) is 4.12. The summed E-state index contributed by atoms with van der Waals surface area (Å²) in [6.07, 6.45) is -3.83. The molecule has 0 radical (unpaired) electrons. The highest BCUT2D eigenvalue weighted by Crippen LogP contribution is 2.34. The van der Waals surface area contributed by atoms with Crippen LogP contribution in [0.5, 0.6) is 5.75 Å². The van der Waals surface area contributed by atoms with Crippen LogP contribution in [0.3, 0.4) is 0 Å². The van der Waals surface area contributed by atoms with E-state index < -0.39 is 17.6 Å². The number of amides is 1. The van der Waals surface area contributed by atoms with Crippen LogP contribution in [0.15, 0.2) is 53.1 Å². The fraction of sp³-hybridized carbons (Fsp3) is 0.250. The summed E-state index contributed by atoms with van der Waals surface area (Å²) in [6, 6.07) is 12.0. The van der Waals surface area contributed by atoms with E-state index in [4.69, 9.17) is 9.26 Å². The lowest BCUT2D eigenvalue weighted by atomic mass is 10.1. The maximum Gasteiger partial charge on any atom is 0.418 e. The maximum atomic E-state index is 13.0. The summed E-state index contributed by atoms with van der Waals surface area (Å²) in [5, 5.41) is 6.20. The second-order valence-electron chi connectivity index (χ2n) is 6.19. The summed E-state index contributed by atoms with van der Waals surface area (Å²) in [5.74, 6) is 0.942. The zero-order chi connectivity index (χ0) is 20.9. The summed E-state index contributed by atoms with van der Waals surface area (Å²) < 4.78 is 49.2. The number of hydrogen-bond donors (Lipinski definition) is 1. The molecule has 152 valence electrons. The minimum absolute atomic E-state index is 0.0203. The van der Waals surface area contributed by atoms with Gasteiger partial charge in [-0.3, -0.25) is 4.79 Å². The summed E-state index contributed by atoms with van der Waals surface area (Å²) >= 11 is 0. The molecule has 0 aliphatic rings. The molecule has 6 nitrogen and oxygen atoms in total. The van der Waals surface area contributed by atoms with Gasteiger partial charge < -0.3 is 14.6 Å². The van der Waals surface area contributed by atoms with Crippen molar-refractivity contribution in [1.29, 1.82) is 0 Å². The van der Waals surface area contributed by atoms with Gasteiger partial charge in [-0.1, -0.05) is 17.3 Å². The number of anilines is 1. The van der Waals surface area contributed by atoms with Gasteiger partial charge in [0.15, 0.2) is 0 Å². The van der Waals surface area contributed by atoms with Gasteiger partial charge in [-0.05, 0) is 42.8 Å². The third-order valence-corrected chi connectivity index (χ3v) is 4.12. The van der Waals surface area contributed by atoms with Crippen molar-refractivity contribution in [3.05, 3.63) is 60.0 Å². The van der Waals surface area contributed by atoms with Gasteiger partial charge in [0.05, 0.1) is 18.4 Å². The molecule has 0 aliphatic heterocycles. The molecular weight excluding hydrogens is 387 g/mol. The van der Waals surface area contributed by atoms with Gasteiger partial charge in [0.25, 0.3) is 0 Å². The molecule has 9 heteroatoms. The molecule has 29 heavy (non-hydrogen) atoms. The van der Waals surface area contributed by atoms with Crippen LogP contribution in [0.1, 0.15) is 24.3 Å². The topological polar surface area (TPSA) is 77.2 Å². The van der Waals surface area contributed by atoms with E-state index in [0.29, 0.717) is 30.3 Å². The molecule has 1 aromatic heterocycles. The van der Waals surface area contributed by atoms with Crippen molar-refractivity contribution in [2.75, 3.05) is 12.4 Å². The Morgan fingerprint density at radius 1 is 1.14 bits per heavy atom. The maximum absolute atomic E-state index is 13.0. The van der Waals surface area contributed by atoms with Crippen LogP contribution in [-0.2, 0) is 17.4 Å². The SMILES string of the molecule is COc1ccc(-c2noc(CCCC(=O)Nc3ccccc3C(F)(F)F)n2)cc1. The number of carbonyl (C=O) groups is 1. The number of nitrogens with zero attached hydrogens (tertiary/aromatic N) is 2. The monoisotopic (exact) mass is 405 g/mol. The van der Waals surface area contributed by atoms with Crippen molar-refractivity contribution in [3.63, 3.8) is 0 Å². The smallest absolute Gasteiger partial charge is 0.418 e. The van der Waals surface area contributed by atoms with Crippen molar-refractivity contribution in [2.45, 2.75) is 25.4 Å². The van der Waals surface area contributed by atoms with Crippen LogP contribution in [0.4, 0.5) is 18.9 Å². The number of hydrogen-bond acceptors (Lipinski definition) is 5. The highest BCUT2D eigenvalue weighted by Gasteiger charge is 2.33. The summed E-state index contributed by atoms with van der Waals surface area (Å²) in [7, 11) is 1.57. The fourth-order valence-electron chi connectivity index (χ4n) is 2.67. The lowest BCUT2D eigenvalue weighted by molar-refractivity contribution is -0.137. The van der Waals surface area contributed by atoms with Crippen LogP contribution >= 0.6 is 0 Å². The zero-order valence-electron chi connectivity index (χ0n) is 15.5. The molecule has 0 spiro atoms. The number of methoxy groups -OCH3 is 1. The number of aromatic nitrogens is 2. The lowest BCUT2D eigenvalue weighted by Crippen LogP contribution is -2.16. The lowest BCUT2D eigenvalue weighted by Gasteiger charge is -2.13. The van der Waals surface area contributed by atoms with Gasteiger partial charge in [-0.2, -0.15) is 18.2 Å². The van der Waals surface area contributed by atoms with E-state index in [2.05, 4.69) is 15.5 Å². The molecule has 0 saturated heterocycles. The molecule has 0 bridgehead atoms. The molecule has 3 aromatic rings. The Balaban J connectivity index is 1.53.